The molecule has 32 heavy (non-hydrogen) atoms. The van der Waals surface area contributed by atoms with E-state index in [-0.39, 0.29) is 23.5 Å². The molecule has 2 aromatic rings. The van der Waals surface area contributed by atoms with Gasteiger partial charge in [-0.1, -0.05) is 4.98 Å². The SMILES string of the molecule is C#CCCP(=O)(O)OP(=O)(O)OC[C@H]1O[C@@H]([n+]2cn(C)c3c(=O)[nH]c(N)nc32)[C@@H](O)C1O. The zero-order valence-corrected chi connectivity index (χ0v) is 18.4. The molecule has 3 unspecified atom stereocenters. The van der Waals surface area contributed by atoms with E-state index < -0.39 is 58.3 Å². The van der Waals surface area contributed by atoms with Crippen molar-refractivity contribution < 1.29 is 47.3 Å². The Labute approximate surface area is 180 Å². The Morgan fingerprint density at radius 1 is 1.41 bits per heavy atom. The number of hydrogen-bond donors (Lipinski definition) is 6. The second kappa shape index (κ2) is 9.03. The van der Waals surface area contributed by atoms with Gasteiger partial charge in [-0.3, -0.25) is 23.4 Å². The Bertz CT molecular complexity index is 1210. The van der Waals surface area contributed by atoms with Gasteiger partial charge in [0, 0.05) is 6.42 Å². The molecule has 0 saturated carbocycles. The third-order valence-electron chi connectivity index (χ3n) is 4.57. The van der Waals surface area contributed by atoms with Crippen LogP contribution in [0.4, 0.5) is 5.95 Å². The van der Waals surface area contributed by atoms with Gasteiger partial charge >= 0.3 is 21.1 Å². The molecule has 176 valence electrons. The molecule has 1 aliphatic heterocycles. The minimum Gasteiger partial charge on any atom is -0.387 e. The van der Waals surface area contributed by atoms with Crippen LogP contribution >= 0.6 is 15.4 Å². The van der Waals surface area contributed by atoms with Gasteiger partial charge in [-0.15, -0.1) is 12.3 Å². The number of hydrogen-bond acceptors (Lipinski definition) is 10. The Kier molecular flexibility index (Phi) is 6.92. The maximum Gasteiger partial charge on any atom is 0.479 e. The number of H-pyrrole nitrogens is 1. The fourth-order valence-electron chi connectivity index (χ4n) is 3.15. The Morgan fingerprint density at radius 3 is 2.75 bits per heavy atom. The third-order valence-corrected chi connectivity index (χ3v) is 7.68. The molecule has 17 heteroatoms. The number of fused-ring (bicyclic) bond motifs is 1. The Morgan fingerprint density at radius 2 is 2.09 bits per heavy atom. The number of aryl methyl sites for hydroxylation is 1. The van der Waals surface area contributed by atoms with Crippen molar-refractivity contribution >= 4 is 32.5 Å². The van der Waals surface area contributed by atoms with E-state index in [2.05, 4.69) is 24.7 Å². The van der Waals surface area contributed by atoms with Crippen LogP contribution in [-0.2, 0) is 29.7 Å². The number of phosphoric acid groups is 1. The summed E-state index contributed by atoms with van der Waals surface area (Å²) in [5.41, 5.74) is 5.20. The average molecular weight is 494 g/mol. The molecule has 1 saturated heterocycles. The number of imidazole rings is 1. The van der Waals surface area contributed by atoms with Gasteiger partial charge in [0.2, 0.25) is 11.7 Å². The number of ether oxygens (including phenoxy) is 1. The van der Waals surface area contributed by atoms with Gasteiger partial charge < -0.3 is 30.5 Å². The van der Waals surface area contributed by atoms with Crippen molar-refractivity contribution in [1.29, 1.82) is 0 Å². The van der Waals surface area contributed by atoms with Gasteiger partial charge in [-0.2, -0.15) is 0 Å². The van der Waals surface area contributed by atoms with E-state index in [1.54, 1.807) is 0 Å². The second-order valence-corrected chi connectivity index (χ2v) is 10.5. The first-order valence-corrected chi connectivity index (χ1v) is 12.3. The largest absolute Gasteiger partial charge is 0.479 e. The fourth-order valence-corrected chi connectivity index (χ4v) is 5.70. The van der Waals surface area contributed by atoms with Gasteiger partial charge in [0.25, 0.3) is 11.5 Å². The van der Waals surface area contributed by atoms with Crippen LogP contribution in [0.2, 0.25) is 0 Å². The lowest BCUT2D eigenvalue weighted by atomic mass is 10.1. The van der Waals surface area contributed by atoms with Crippen LogP contribution in [-0.4, -0.2) is 65.6 Å². The monoisotopic (exact) mass is 494 g/mol. The van der Waals surface area contributed by atoms with Crippen molar-refractivity contribution in [2.24, 2.45) is 7.05 Å². The number of aliphatic hydroxyl groups is 2. The molecular weight excluding hydrogens is 472 g/mol. The summed E-state index contributed by atoms with van der Waals surface area (Å²) < 4.78 is 40.9. The average Bonchev–Trinajstić information content (AvgIpc) is 3.14. The minimum atomic E-state index is -5.03. The molecule has 6 atom stereocenters. The van der Waals surface area contributed by atoms with E-state index in [0.717, 1.165) is 0 Å². The molecule has 0 radical (unpaired) electrons. The van der Waals surface area contributed by atoms with Gasteiger partial charge in [0.05, 0.1) is 19.8 Å². The molecular formula is C15H22N5O10P2+. The third kappa shape index (κ3) is 5.10. The van der Waals surface area contributed by atoms with Crippen molar-refractivity contribution in [3.63, 3.8) is 0 Å². The lowest BCUT2D eigenvalue weighted by Crippen LogP contribution is -2.46. The predicted octanol–water partition coefficient (Wildman–Crippen LogP) is -1.91. The summed E-state index contributed by atoms with van der Waals surface area (Å²) in [4.78, 5) is 37.8. The summed E-state index contributed by atoms with van der Waals surface area (Å²) in [7, 11) is -8.00. The van der Waals surface area contributed by atoms with Gasteiger partial charge in [0.1, 0.15) is 18.3 Å². The van der Waals surface area contributed by atoms with Crippen LogP contribution in [0.5, 0.6) is 0 Å². The van der Waals surface area contributed by atoms with E-state index in [1.807, 2.05) is 0 Å². The smallest absolute Gasteiger partial charge is 0.387 e. The Hall–Kier alpha value is -2.11. The molecule has 3 rings (SSSR count). The quantitative estimate of drug-likeness (QED) is 0.134. The zero-order valence-electron chi connectivity index (χ0n) is 16.6. The van der Waals surface area contributed by atoms with Gasteiger partial charge in [-0.25, -0.2) is 13.4 Å². The van der Waals surface area contributed by atoms with Crippen LogP contribution < -0.4 is 15.9 Å². The van der Waals surface area contributed by atoms with E-state index in [1.165, 1.54) is 22.5 Å². The molecule has 2 aromatic heterocycles. The normalized spacial score (nSPS) is 27.1. The van der Waals surface area contributed by atoms with Crippen molar-refractivity contribution in [3.8, 4) is 12.3 Å². The summed E-state index contributed by atoms with van der Waals surface area (Å²) in [6.07, 6.45) is -0.134. The van der Waals surface area contributed by atoms with E-state index >= 15 is 0 Å². The number of nitrogens with one attached hydrogen (secondary N) is 1. The number of rotatable bonds is 8. The topological polar surface area (TPSA) is 223 Å². The Balaban J connectivity index is 1.76. The molecule has 1 fully saturated rings. The lowest BCUT2D eigenvalue weighted by molar-refractivity contribution is -0.745. The van der Waals surface area contributed by atoms with E-state index in [4.69, 9.17) is 16.9 Å². The number of aliphatic hydroxyl groups excluding tert-OH is 2. The number of nitrogens with zero attached hydrogens (tertiary/aromatic N) is 3. The summed E-state index contributed by atoms with van der Waals surface area (Å²) >= 11 is 0. The summed E-state index contributed by atoms with van der Waals surface area (Å²) in [5.74, 6) is 1.91. The number of aromatic nitrogens is 4. The van der Waals surface area contributed by atoms with Crippen molar-refractivity contribution in [2.45, 2.75) is 31.0 Å². The van der Waals surface area contributed by atoms with Gasteiger partial charge in [0.15, 0.2) is 6.33 Å². The van der Waals surface area contributed by atoms with Gasteiger partial charge in [-0.05, 0) is 0 Å². The lowest BCUT2D eigenvalue weighted by Gasteiger charge is -2.18. The first-order chi connectivity index (χ1) is 14.8. The van der Waals surface area contributed by atoms with Crippen molar-refractivity contribution in [1.82, 2.24) is 14.5 Å². The first-order valence-electron chi connectivity index (χ1n) is 9.07. The highest BCUT2D eigenvalue weighted by Crippen LogP contribution is 2.60. The highest BCUT2D eigenvalue weighted by atomic mass is 31.3. The number of nitrogens with two attached hydrogens (primary N) is 1. The number of nitrogen functional groups attached to an aromatic ring is 1. The maximum absolute atomic E-state index is 12.1. The number of phosphoric ester groups is 1. The summed E-state index contributed by atoms with van der Waals surface area (Å²) in [6, 6.07) is 0. The number of terminal acetylenes is 1. The predicted molar refractivity (Wildman–Crippen MR) is 107 cm³/mol. The van der Waals surface area contributed by atoms with Crippen LogP contribution in [0, 0.1) is 12.3 Å². The van der Waals surface area contributed by atoms with E-state index in [9.17, 15) is 33.9 Å². The molecule has 15 nitrogen and oxygen atoms in total. The minimum absolute atomic E-state index is 0.0532. The molecule has 0 amide bonds. The molecule has 0 spiro atoms. The van der Waals surface area contributed by atoms with Crippen LogP contribution in [0.3, 0.4) is 0 Å². The van der Waals surface area contributed by atoms with Crippen molar-refractivity contribution in [2.75, 3.05) is 18.5 Å². The highest BCUT2D eigenvalue weighted by molar-refractivity contribution is 7.64. The van der Waals surface area contributed by atoms with E-state index in [0.29, 0.717) is 0 Å². The first kappa shape index (κ1) is 24.5. The number of aromatic amines is 1. The molecule has 0 aromatic carbocycles. The van der Waals surface area contributed by atoms with Crippen LogP contribution in [0.1, 0.15) is 12.6 Å². The zero-order chi connectivity index (χ0) is 23.8. The second-order valence-electron chi connectivity index (χ2n) is 6.96. The standard InChI is InChI=1S/C15H21N5O10P2/c1-3-4-5-31(24,25)30-32(26,27)28-6-8-10(21)11(22)14(29-8)20-7-19(2)9-12(20)17-15(16)18-13(9)23/h1,7-8,10-11,14,21-22H,4-6H2,2H3,(H4-,16,17,18,23,24,25,26,27)/p+1/t8-,10?,11+,14-/m1/s1. The fraction of sp³-hybridized carbons (Fsp3) is 0.533. The molecule has 3 heterocycles. The highest BCUT2D eigenvalue weighted by Gasteiger charge is 2.48. The molecule has 7 N–H and O–H groups in total. The number of anilines is 1. The van der Waals surface area contributed by atoms with Crippen LogP contribution in [0.15, 0.2) is 11.1 Å². The molecule has 1 aliphatic rings. The van der Waals surface area contributed by atoms with Crippen LogP contribution in [0.25, 0.3) is 11.2 Å². The van der Waals surface area contributed by atoms with Crippen molar-refractivity contribution in [3.05, 3.63) is 16.7 Å². The summed E-state index contributed by atoms with van der Waals surface area (Å²) in [5, 5.41) is 20.7. The maximum atomic E-state index is 12.1. The molecule has 0 bridgehead atoms. The molecule has 0 aliphatic carbocycles. The summed E-state index contributed by atoms with van der Waals surface area (Å²) in [6.45, 7) is -0.779.